The number of carbonyl (C=O) groups is 1. The summed E-state index contributed by atoms with van der Waals surface area (Å²) in [5, 5.41) is 6.10. The SMILES string of the molecule is CN=C(NCCNC(=O)Cc1ccc(F)cc1)N1CCN(c2ccccc2F)CC1. The highest BCUT2D eigenvalue weighted by Crippen LogP contribution is 2.20. The van der Waals surface area contributed by atoms with Crippen molar-refractivity contribution in [2.24, 2.45) is 4.99 Å². The summed E-state index contributed by atoms with van der Waals surface area (Å²) >= 11 is 0. The third-order valence-corrected chi connectivity index (χ3v) is 4.99. The van der Waals surface area contributed by atoms with Crippen molar-refractivity contribution < 1.29 is 13.6 Å². The summed E-state index contributed by atoms with van der Waals surface area (Å²) in [6.07, 6.45) is 0.215. The highest BCUT2D eigenvalue weighted by atomic mass is 19.1. The minimum Gasteiger partial charge on any atom is -0.366 e. The lowest BCUT2D eigenvalue weighted by molar-refractivity contribution is -0.120. The van der Waals surface area contributed by atoms with Crippen LogP contribution in [0, 0.1) is 11.6 Å². The molecule has 0 unspecified atom stereocenters. The smallest absolute Gasteiger partial charge is 0.224 e. The lowest BCUT2D eigenvalue weighted by Crippen LogP contribution is -2.53. The van der Waals surface area contributed by atoms with E-state index in [4.69, 9.17) is 0 Å². The number of hydrogen-bond acceptors (Lipinski definition) is 3. The number of carbonyl (C=O) groups excluding carboxylic acids is 1. The van der Waals surface area contributed by atoms with E-state index in [1.54, 1.807) is 31.3 Å². The number of guanidine groups is 1. The molecule has 1 amide bonds. The van der Waals surface area contributed by atoms with E-state index >= 15 is 0 Å². The second-order valence-electron chi connectivity index (χ2n) is 7.05. The summed E-state index contributed by atoms with van der Waals surface area (Å²) in [6.45, 7) is 3.85. The van der Waals surface area contributed by atoms with E-state index in [0.29, 0.717) is 31.9 Å². The number of anilines is 1. The van der Waals surface area contributed by atoms with Crippen LogP contribution in [0.15, 0.2) is 53.5 Å². The zero-order chi connectivity index (χ0) is 21.3. The lowest BCUT2D eigenvalue weighted by Gasteiger charge is -2.37. The Morgan fingerprint density at radius 2 is 1.63 bits per heavy atom. The molecule has 0 saturated carbocycles. The van der Waals surface area contributed by atoms with Gasteiger partial charge in [-0.15, -0.1) is 0 Å². The fraction of sp³-hybridized carbons (Fsp3) is 0.364. The second kappa shape index (κ2) is 10.6. The third-order valence-electron chi connectivity index (χ3n) is 4.99. The van der Waals surface area contributed by atoms with Crippen LogP contribution in [0.4, 0.5) is 14.5 Å². The van der Waals surface area contributed by atoms with Gasteiger partial charge in [-0.05, 0) is 29.8 Å². The van der Waals surface area contributed by atoms with Gasteiger partial charge in [-0.3, -0.25) is 9.79 Å². The van der Waals surface area contributed by atoms with Gasteiger partial charge in [-0.1, -0.05) is 24.3 Å². The van der Waals surface area contributed by atoms with Gasteiger partial charge < -0.3 is 20.4 Å². The predicted molar refractivity (Wildman–Crippen MR) is 115 cm³/mol. The molecule has 30 heavy (non-hydrogen) atoms. The second-order valence-corrected chi connectivity index (χ2v) is 7.05. The number of nitrogens with zero attached hydrogens (tertiary/aromatic N) is 3. The Morgan fingerprint density at radius 3 is 2.30 bits per heavy atom. The first-order valence-electron chi connectivity index (χ1n) is 10.0. The molecule has 8 heteroatoms. The molecule has 2 aromatic carbocycles. The summed E-state index contributed by atoms with van der Waals surface area (Å²) in [6, 6.07) is 12.7. The molecule has 1 heterocycles. The third kappa shape index (κ3) is 5.92. The predicted octanol–water partition coefficient (Wildman–Crippen LogP) is 2.02. The summed E-state index contributed by atoms with van der Waals surface area (Å²) in [5.41, 5.74) is 1.40. The molecule has 0 spiro atoms. The molecule has 0 atom stereocenters. The van der Waals surface area contributed by atoms with Gasteiger partial charge in [0.05, 0.1) is 12.1 Å². The van der Waals surface area contributed by atoms with E-state index in [1.807, 2.05) is 11.0 Å². The summed E-state index contributed by atoms with van der Waals surface area (Å²) in [4.78, 5) is 20.5. The van der Waals surface area contributed by atoms with Crippen LogP contribution in [0.2, 0.25) is 0 Å². The van der Waals surface area contributed by atoms with E-state index in [9.17, 15) is 13.6 Å². The molecule has 1 fully saturated rings. The van der Waals surface area contributed by atoms with Crippen molar-refractivity contribution in [1.29, 1.82) is 0 Å². The number of aliphatic imine (C=N–C) groups is 1. The molecule has 6 nitrogen and oxygen atoms in total. The minimum atomic E-state index is -0.315. The molecule has 0 aromatic heterocycles. The molecular formula is C22H27F2N5O. The van der Waals surface area contributed by atoms with Gasteiger partial charge in [0, 0.05) is 46.3 Å². The van der Waals surface area contributed by atoms with Crippen LogP contribution in [0.25, 0.3) is 0 Å². The van der Waals surface area contributed by atoms with Gasteiger partial charge in [0.15, 0.2) is 5.96 Å². The molecule has 1 aliphatic heterocycles. The Kier molecular flexibility index (Phi) is 7.59. The molecule has 160 valence electrons. The van der Waals surface area contributed by atoms with Crippen LogP contribution < -0.4 is 15.5 Å². The average Bonchev–Trinajstić information content (AvgIpc) is 2.76. The van der Waals surface area contributed by atoms with E-state index in [2.05, 4.69) is 20.5 Å². The van der Waals surface area contributed by atoms with Crippen LogP contribution in [-0.2, 0) is 11.2 Å². The Labute approximate surface area is 175 Å². The zero-order valence-electron chi connectivity index (χ0n) is 17.1. The number of para-hydroxylation sites is 1. The van der Waals surface area contributed by atoms with E-state index in [-0.39, 0.29) is 24.0 Å². The van der Waals surface area contributed by atoms with Crippen LogP contribution >= 0.6 is 0 Å². The summed E-state index contributed by atoms with van der Waals surface area (Å²) < 4.78 is 26.9. The molecule has 0 aliphatic carbocycles. The molecule has 1 saturated heterocycles. The minimum absolute atomic E-state index is 0.114. The van der Waals surface area contributed by atoms with Crippen molar-refractivity contribution in [1.82, 2.24) is 15.5 Å². The quantitative estimate of drug-likeness (QED) is 0.431. The normalized spacial score (nSPS) is 14.6. The van der Waals surface area contributed by atoms with Crippen molar-refractivity contribution in [2.45, 2.75) is 6.42 Å². The van der Waals surface area contributed by atoms with Crippen molar-refractivity contribution in [3.63, 3.8) is 0 Å². The van der Waals surface area contributed by atoms with Crippen molar-refractivity contribution in [2.75, 3.05) is 51.2 Å². The van der Waals surface area contributed by atoms with Crippen LogP contribution in [0.3, 0.4) is 0 Å². The monoisotopic (exact) mass is 415 g/mol. The average molecular weight is 415 g/mol. The lowest BCUT2D eigenvalue weighted by atomic mass is 10.1. The number of rotatable bonds is 6. The van der Waals surface area contributed by atoms with Crippen molar-refractivity contribution in [3.05, 3.63) is 65.7 Å². The zero-order valence-corrected chi connectivity index (χ0v) is 17.1. The van der Waals surface area contributed by atoms with E-state index in [0.717, 1.165) is 24.6 Å². The molecular weight excluding hydrogens is 388 g/mol. The Hall–Kier alpha value is -3.16. The van der Waals surface area contributed by atoms with Gasteiger partial charge in [-0.25, -0.2) is 8.78 Å². The molecule has 3 rings (SSSR count). The number of amides is 1. The number of piperazine rings is 1. The topological polar surface area (TPSA) is 60.0 Å². The number of hydrogen-bond donors (Lipinski definition) is 2. The summed E-state index contributed by atoms with van der Waals surface area (Å²) in [7, 11) is 1.72. The highest BCUT2D eigenvalue weighted by Gasteiger charge is 2.21. The van der Waals surface area contributed by atoms with Crippen LogP contribution in [-0.4, -0.2) is 63.1 Å². The first kappa shape index (κ1) is 21.5. The number of benzene rings is 2. The Bertz CT molecular complexity index is 864. The maximum absolute atomic E-state index is 14.0. The van der Waals surface area contributed by atoms with Gasteiger partial charge in [0.1, 0.15) is 11.6 Å². The van der Waals surface area contributed by atoms with Gasteiger partial charge >= 0.3 is 0 Å². The fourth-order valence-electron chi connectivity index (χ4n) is 3.43. The Balaban J connectivity index is 1.38. The van der Waals surface area contributed by atoms with E-state index in [1.165, 1.54) is 18.2 Å². The summed E-state index contributed by atoms with van der Waals surface area (Å²) in [5.74, 6) is 0.127. The number of nitrogens with one attached hydrogen (secondary N) is 2. The molecule has 0 radical (unpaired) electrons. The standard InChI is InChI=1S/C22H27F2N5O/c1-25-22(27-11-10-26-21(30)16-17-6-8-18(23)9-7-17)29-14-12-28(13-15-29)20-5-3-2-4-19(20)24/h2-9H,10-16H2,1H3,(H,25,27)(H,26,30). The number of halogens is 2. The largest absolute Gasteiger partial charge is 0.366 e. The molecule has 1 aliphatic rings. The molecule has 0 bridgehead atoms. The van der Waals surface area contributed by atoms with Gasteiger partial charge in [0.2, 0.25) is 5.91 Å². The van der Waals surface area contributed by atoms with E-state index < -0.39 is 0 Å². The first-order valence-corrected chi connectivity index (χ1v) is 10.0. The first-order chi connectivity index (χ1) is 14.6. The fourth-order valence-corrected chi connectivity index (χ4v) is 3.43. The Morgan fingerprint density at radius 1 is 0.967 bits per heavy atom. The maximum Gasteiger partial charge on any atom is 0.224 e. The molecule has 2 N–H and O–H groups in total. The highest BCUT2D eigenvalue weighted by molar-refractivity contribution is 5.80. The molecule has 2 aromatic rings. The van der Waals surface area contributed by atoms with Crippen molar-refractivity contribution >= 4 is 17.6 Å². The van der Waals surface area contributed by atoms with Crippen LogP contribution in [0.5, 0.6) is 0 Å². The van der Waals surface area contributed by atoms with Crippen LogP contribution in [0.1, 0.15) is 5.56 Å². The van der Waals surface area contributed by atoms with Crippen molar-refractivity contribution in [3.8, 4) is 0 Å². The van der Waals surface area contributed by atoms with Gasteiger partial charge in [-0.2, -0.15) is 0 Å². The van der Waals surface area contributed by atoms with Gasteiger partial charge in [0.25, 0.3) is 0 Å². The maximum atomic E-state index is 14.0.